The maximum Gasteiger partial charge on any atom is 0.222 e. The van der Waals surface area contributed by atoms with Gasteiger partial charge in [-0.25, -0.2) is 4.98 Å². The molecular formula is C23H26N4OS. The van der Waals surface area contributed by atoms with Crippen molar-refractivity contribution in [2.24, 2.45) is 0 Å². The lowest BCUT2D eigenvalue weighted by atomic mass is 10.1. The maximum absolute atomic E-state index is 12.7. The number of hydrogen-bond donors (Lipinski definition) is 0. The maximum atomic E-state index is 12.7. The Hall–Kier alpha value is -2.73. The molecule has 2 heterocycles. The highest BCUT2D eigenvalue weighted by Crippen LogP contribution is 2.21. The molecule has 1 aliphatic rings. The minimum atomic E-state index is 0.248. The molecule has 1 aliphatic heterocycles. The van der Waals surface area contributed by atoms with Crippen LogP contribution in [-0.4, -0.2) is 46.3 Å². The SMILES string of the molecule is O=C(CCc1ccccc1)N1CCCN(c2nc(Cc3ccccc3)ns2)CC1. The molecule has 5 nitrogen and oxygen atoms in total. The van der Waals surface area contributed by atoms with E-state index in [1.807, 2.05) is 41.3 Å². The molecule has 1 amide bonds. The number of amides is 1. The van der Waals surface area contributed by atoms with Gasteiger partial charge in [0.05, 0.1) is 0 Å². The Bertz CT molecular complexity index is 913. The van der Waals surface area contributed by atoms with Crippen LogP contribution in [0.15, 0.2) is 60.7 Å². The summed E-state index contributed by atoms with van der Waals surface area (Å²) in [5, 5.41) is 0.967. The fraction of sp³-hybridized carbons (Fsp3) is 0.348. The molecule has 0 saturated carbocycles. The molecule has 0 N–H and O–H groups in total. The largest absolute Gasteiger partial charge is 0.345 e. The number of rotatable bonds is 6. The molecule has 0 unspecified atom stereocenters. The highest BCUT2D eigenvalue weighted by atomic mass is 32.1. The van der Waals surface area contributed by atoms with Crippen molar-refractivity contribution in [3.05, 3.63) is 77.6 Å². The van der Waals surface area contributed by atoms with Crippen LogP contribution in [0.25, 0.3) is 0 Å². The van der Waals surface area contributed by atoms with Crippen molar-refractivity contribution >= 4 is 22.6 Å². The van der Waals surface area contributed by atoms with Crippen molar-refractivity contribution < 1.29 is 4.79 Å². The second-order valence-corrected chi connectivity index (χ2v) is 8.09. The standard InChI is InChI=1S/C23H26N4OS/c28-22(13-12-19-8-3-1-4-9-19)26-14-7-15-27(17-16-26)23-24-21(25-29-23)18-20-10-5-2-6-11-20/h1-6,8-11H,7,12-18H2. The monoisotopic (exact) mass is 406 g/mol. The zero-order valence-corrected chi connectivity index (χ0v) is 17.4. The minimum Gasteiger partial charge on any atom is -0.345 e. The van der Waals surface area contributed by atoms with Crippen LogP contribution in [-0.2, 0) is 17.6 Å². The van der Waals surface area contributed by atoms with Gasteiger partial charge in [0.15, 0.2) is 0 Å². The van der Waals surface area contributed by atoms with E-state index in [1.54, 1.807) is 0 Å². The third-order valence-electron chi connectivity index (χ3n) is 5.25. The van der Waals surface area contributed by atoms with Crippen molar-refractivity contribution in [1.29, 1.82) is 0 Å². The van der Waals surface area contributed by atoms with Crippen molar-refractivity contribution in [3.63, 3.8) is 0 Å². The Morgan fingerprint density at radius 2 is 1.62 bits per heavy atom. The molecule has 1 fully saturated rings. The molecule has 1 saturated heterocycles. The van der Waals surface area contributed by atoms with Crippen LogP contribution in [0.1, 0.15) is 29.8 Å². The average molecular weight is 407 g/mol. The van der Waals surface area contributed by atoms with E-state index in [0.717, 1.165) is 56.4 Å². The van der Waals surface area contributed by atoms with Crippen LogP contribution in [0, 0.1) is 0 Å². The summed E-state index contributed by atoms with van der Waals surface area (Å²) in [6.07, 6.45) is 3.10. The van der Waals surface area contributed by atoms with Gasteiger partial charge in [0.25, 0.3) is 0 Å². The van der Waals surface area contributed by atoms with E-state index in [2.05, 4.69) is 33.5 Å². The summed E-state index contributed by atoms with van der Waals surface area (Å²) in [5.41, 5.74) is 2.44. The summed E-state index contributed by atoms with van der Waals surface area (Å²) in [7, 11) is 0. The van der Waals surface area contributed by atoms with E-state index in [4.69, 9.17) is 4.98 Å². The number of hydrogen-bond acceptors (Lipinski definition) is 5. The number of anilines is 1. The van der Waals surface area contributed by atoms with E-state index >= 15 is 0 Å². The average Bonchev–Trinajstić information content (AvgIpc) is 3.08. The molecule has 1 aromatic heterocycles. The normalized spacial score (nSPS) is 14.6. The van der Waals surface area contributed by atoms with E-state index < -0.39 is 0 Å². The smallest absolute Gasteiger partial charge is 0.222 e. The lowest BCUT2D eigenvalue weighted by Crippen LogP contribution is -2.35. The highest BCUT2D eigenvalue weighted by molar-refractivity contribution is 7.09. The molecule has 4 rings (SSSR count). The van der Waals surface area contributed by atoms with E-state index in [0.29, 0.717) is 6.42 Å². The van der Waals surface area contributed by atoms with Crippen molar-refractivity contribution in [3.8, 4) is 0 Å². The molecule has 0 aliphatic carbocycles. The summed E-state index contributed by atoms with van der Waals surface area (Å²) in [6.45, 7) is 3.31. The molecule has 6 heteroatoms. The number of aromatic nitrogens is 2. The molecule has 29 heavy (non-hydrogen) atoms. The fourth-order valence-corrected chi connectivity index (χ4v) is 4.37. The van der Waals surface area contributed by atoms with Crippen molar-refractivity contribution in [2.75, 3.05) is 31.1 Å². The zero-order chi connectivity index (χ0) is 19.9. The molecule has 0 spiro atoms. The van der Waals surface area contributed by atoms with Crippen LogP contribution in [0.2, 0.25) is 0 Å². The summed E-state index contributed by atoms with van der Waals surface area (Å²) in [5.74, 6) is 1.12. The first-order valence-corrected chi connectivity index (χ1v) is 11.0. The second kappa shape index (κ2) is 9.65. The second-order valence-electron chi connectivity index (χ2n) is 7.36. The molecule has 2 aromatic carbocycles. The summed E-state index contributed by atoms with van der Waals surface area (Å²) >= 11 is 1.46. The zero-order valence-electron chi connectivity index (χ0n) is 16.5. The summed E-state index contributed by atoms with van der Waals surface area (Å²) in [6, 6.07) is 20.5. The van der Waals surface area contributed by atoms with Crippen LogP contribution in [0.5, 0.6) is 0 Å². The third kappa shape index (κ3) is 5.41. The van der Waals surface area contributed by atoms with Gasteiger partial charge >= 0.3 is 0 Å². The van der Waals surface area contributed by atoms with Gasteiger partial charge in [0.2, 0.25) is 11.0 Å². The Kier molecular flexibility index (Phi) is 6.52. The first-order valence-electron chi connectivity index (χ1n) is 10.2. The molecular weight excluding hydrogens is 380 g/mol. The molecule has 3 aromatic rings. The first kappa shape index (κ1) is 19.6. The predicted molar refractivity (Wildman–Crippen MR) is 117 cm³/mol. The molecule has 150 valence electrons. The Morgan fingerprint density at radius 3 is 2.38 bits per heavy atom. The lowest BCUT2D eigenvalue weighted by Gasteiger charge is -2.21. The van der Waals surface area contributed by atoms with Gasteiger partial charge in [0, 0.05) is 50.6 Å². The summed E-state index contributed by atoms with van der Waals surface area (Å²) in [4.78, 5) is 21.7. The minimum absolute atomic E-state index is 0.248. The molecule has 0 atom stereocenters. The number of nitrogens with zero attached hydrogens (tertiary/aromatic N) is 4. The van der Waals surface area contributed by atoms with Crippen LogP contribution in [0.4, 0.5) is 5.13 Å². The van der Waals surface area contributed by atoms with Crippen molar-refractivity contribution in [1.82, 2.24) is 14.3 Å². The van der Waals surface area contributed by atoms with Gasteiger partial charge < -0.3 is 9.80 Å². The van der Waals surface area contributed by atoms with Gasteiger partial charge in [-0.15, -0.1) is 0 Å². The molecule has 0 bridgehead atoms. The van der Waals surface area contributed by atoms with Crippen LogP contribution >= 0.6 is 11.5 Å². The van der Waals surface area contributed by atoms with E-state index in [9.17, 15) is 4.79 Å². The molecule has 0 radical (unpaired) electrons. The lowest BCUT2D eigenvalue weighted by molar-refractivity contribution is -0.130. The third-order valence-corrected chi connectivity index (χ3v) is 6.07. The van der Waals surface area contributed by atoms with E-state index in [1.165, 1.54) is 22.7 Å². The topological polar surface area (TPSA) is 49.3 Å². The van der Waals surface area contributed by atoms with Gasteiger partial charge in [0.1, 0.15) is 5.82 Å². The van der Waals surface area contributed by atoms with Gasteiger partial charge in [-0.3, -0.25) is 4.79 Å². The Balaban J connectivity index is 1.30. The first-order chi connectivity index (χ1) is 14.3. The predicted octanol–water partition coefficient (Wildman–Crippen LogP) is 3.80. The van der Waals surface area contributed by atoms with Crippen molar-refractivity contribution in [2.45, 2.75) is 25.7 Å². The highest BCUT2D eigenvalue weighted by Gasteiger charge is 2.21. The number of benzene rings is 2. The van der Waals surface area contributed by atoms with Crippen LogP contribution < -0.4 is 4.90 Å². The van der Waals surface area contributed by atoms with Gasteiger partial charge in [-0.05, 0) is 24.0 Å². The quantitative estimate of drug-likeness (QED) is 0.625. The summed E-state index contributed by atoms with van der Waals surface area (Å²) < 4.78 is 4.54. The van der Waals surface area contributed by atoms with Gasteiger partial charge in [-0.2, -0.15) is 4.37 Å². The Labute approximate surface area is 176 Å². The number of carbonyl (C=O) groups excluding carboxylic acids is 1. The van der Waals surface area contributed by atoms with Gasteiger partial charge in [-0.1, -0.05) is 60.7 Å². The van der Waals surface area contributed by atoms with Crippen LogP contribution in [0.3, 0.4) is 0 Å². The Morgan fingerprint density at radius 1 is 0.897 bits per heavy atom. The number of carbonyl (C=O) groups is 1. The fourth-order valence-electron chi connectivity index (χ4n) is 3.64. The number of aryl methyl sites for hydroxylation is 1. The van der Waals surface area contributed by atoms with E-state index in [-0.39, 0.29) is 5.91 Å².